The van der Waals surface area contributed by atoms with Gasteiger partial charge in [-0.3, -0.25) is 0 Å². The molecule has 82 valence electrons. The van der Waals surface area contributed by atoms with Gasteiger partial charge in [-0.25, -0.2) is 0 Å². The molecule has 0 saturated carbocycles. The number of hydrogen-bond donors (Lipinski definition) is 0. The summed E-state index contributed by atoms with van der Waals surface area (Å²) in [6, 6.07) is 15.8. The lowest BCUT2D eigenvalue weighted by molar-refractivity contribution is 0.478. The number of ether oxygens (including phenoxy) is 1. The molecule has 0 heterocycles. The Morgan fingerprint density at radius 3 is 2.31 bits per heavy atom. The number of benzene rings is 2. The van der Waals surface area contributed by atoms with Gasteiger partial charge in [0.2, 0.25) is 0 Å². The Bertz CT molecular complexity index is 466. The van der Waals surface area contributed by atoms with Crippen LogP contribution < -0.4 is 4.74 Å². The Morgan fingerprint density at radius 1 is 0.938 bits per heavy atom. The molecule has 0 radical (unpaired) electrons. The average Bonchev–Trinajstić information content (AvgIpc) is 2.33. The number of alkyl halides is 1. The molecule has 0 spiro atoms. The summed E-state index contributed by atoms with van der Waals surface area (Å²) in [7, 11) is 0. The Hall–Kier alpha value is -0.800. The fourth-order valence-corrected chi connectivity index (χ4v) is 2.07. The number of halogens is 2. The molecule has 0 bridgehead atoms. The first-order valence-electron chi connectivity index (χ1n) is 4.87. The van der Waals surface area contributed by atoms with Crippen LogP contribution in [0.3, 0.4) is 0 Å². The zero-order valence-corrected chi connectivity index (χ0v) is 11.7. The SMILES string of the molecule is BrCc1ccccc1Oc1ccc(Br)cc1. The van der Waals surface area contributed by atoms with E-state index in [1.165, 1.54) is 0 Å². The highest BCUT2D eigenvalue weighted by molar-refractivity contribution is 9.10. The largest absolute Gasteiger partial charge is 0.457 e. The van der Waals surface area contributed by atoms with E-state index in [0.717, 1.165) is 26.9 Å². The molecular weight excluding hydrogens is 332 g/mol. The van der Waals surface area contributed by atoms with Crippen LogP contribution in [0.1, 0.15) is 5.56 Å². The van der Waals surface area contributed by atoms with Crippen LogP contribution in [0.2, 0.25) is 0 Å². The van der Waals surface area contributed by atoms with E-state index in [-0.39, 0.29) is 0 Å². The highest BCUT2D eigenvalue weighted by Gasteiger charge is 2.02. The topological polar surface area (TPSA) is 9.23 Å². The van der Waals surface area contributed by atoms with Crippen molar-refractivity contribution in [1.82, 2.24) is 0 Å². The summed E-state index contributed by atoms with van der Waals surface area (Å²) in [5, 5.41) is 0.791. The molecule has 2 rings (SSSR count). The van der Waals surface area contributed by atoms with E-state index in [0.29, 0.717) is 0 Å². The molecule has 0 aliphatic heterocycles. The van der Waals surface area contributed by atoms with E-state index >= 15 is 0 Å². The van der Waals surface area contributed by atoms with Crippen LogP contribution >= 0.6 is 31.9 Å². The predicted molar refractivity (Wildman–Crippen MR) is 73.3 cm³/mol. The van der Waals surface area contributed by atoms with Crippen LogP contribution in [0, 0.1) is 0 Å². The van der Waals surface area contributed by atoms with E-state index < -0.39 is 0 Å². The quantitative estimate of drug-likeness (QED) is 0.702. The molecule has 0 atom stereocenters. The van der Waals surface area contributed by atoms with Gasteiger partial charge in [-0.1, -0.05) is 50.1 Å². The molecule has 0 aromatic heterocycles. The number of para-hydroxylation sites is 1. The van der Waals surface area contributed by atoms with Crippen molar-refractivity contribution in [3.8, 4) is 11.5 Å². The first-order valence-corrected chi connectivity index (χ1v) is 6.78. The van der Waals surface area contributed by atoms with Crippen LogP contribution in [0.4, 0.5) is 0 Å². The van der Waals surface area contributed by atoms with Gasteiger partial charge in [0.25, 0.3) is 0 Å². The molecular formula is C13H10Br2O. The van der Waals surface area contributed by atoms with E-state index in [4.69, 9.17) is 4.74 Å². The maximum absolute atomic E-state index is 5.80. The van der Waals surface area contributed by atoms with Crippen molar-refractivity contribution in [3.63, 3.8) is 0 Å². The Morgan fingerprint density at radius 2 is 1.62 bits per heavy atom. The summed E-state index contributed by atoms with van der Waals surface area (Å²) in [4.78, 5) is 0. The van der Waals surface area contributed by atoms with E-state index in [1.54, 1.807) is 0 Å². The van der Waals surface area contributed by atoms with Crippen molar-refractivity contribution in [2.24, 2.45) is 0 Å². The van der Waals surface area contributed by atoms with Gasteiger partial charge in [0.15, 0.2) is 0 Å². The fourth-order valence-electron chi connectivity index (χ4n) is 1.34. The van der Waals surface area contributed by atoms with Crippen molar-refractivity contribution in [2.75, 3.05) is 0 Å². The van der Waals surface area contributed by atoms with Crippen molar-refractivity contribution in [1.29, 1.82) is 0 Å². The predicted octanol–water partition coefficient (Wildman–Crippen LogP) is 5.14. The summed E-state index contributed by atoms with van der Waals surface area (Å²) in [5.74, 6) is 1.73. The van der Waals surface area contributed by atoms with E-state index in [1.807, 2.05) is 48.5 Å². The summed E-state index contributed by atoms with van der Waals surface area (Å²) in [6.45, 7) is 0. The maximum Gasteiger partial charge on any atom is 0.131 e. The van der Waals surface area contributed by atoms with Crippen LogP contribution in [-0.2, 0) is 5.33 Å². The summed E-state index contributed by atoms with van der Waals surface area (Å²) < 4.78 is 6.85. The molecule has 0 unspecified atom stereocenters. The second-order valence-corrected chi connectivity index (χ2v) is 4.77. The van der Waals surface area contributed by atoms with Crippen LogP contribution in [0.5, 0.6) is 11.5 Å². The minimum atomic E-state index is 0.791. The number of rotatable bonds is 3. The van der Waals surface area contributed by atoms with E-state index in [9.17, 15) is 0 Å². The number of hydrogen-bond acceptors (Lipinski definition) is 1. The fraction of sp³-hybridized carbons (Fsp3) is 0.0769. The molecule has 1 nitrogen and oxygen atoms in total. The van der Waals surface area contributed by atoms with Crippen LogP contribution in [-0.4, -0.2) is 0 Å². The Labute approximate surface area is 112 Å². The standard InChI is InChI=1S/C13H10Br2O/c14-9-10-3-1-2-4-13(10)16-12-7-5-11(15)6-8-12/h1-8H,9H2. The smallest absolute Gasteiger partial charge is 0.131 e. The molecule has 3 heteroatoms. The molecule has 0 fully saturated rings. The van der Waals surface area contributed by atoms with Crippen LogP contribution in [0.25, 0.3) is 0 Å². The maximum atomic E-state index is 5.80. The lowest BCUT2D eigenvalue weighted by Crippen LogP contribution is -1.88. The molecule has 2 aromatic rings. The lowest BCUT2D eigenvalue weighted by Gasteiger charge is -2.09. The van der Waals surface area contributed by atoms with Gasteiger partial charge < -0.3 is 4.74 Å². The van der Waals surface area contributed by atoms with Gasteiger partial charge in [0.1, 0.15) is 11.5 Å². The minimum Gasteiger partial charge on any atom is -0.457 e. The molecule has 0 aliphatic rings. The summed E-state index contributed by atoms with van der Waals surface area (Å²) >= 11 is 6.84. The molecule has 0 aliphatic carbocycles. The van der Waals surface area contributed by atoms with Gasteiger partial charge in [0, 0.05) is 15.4 Å². The van der Waals surface area contributed by atoms with Gasteiger partial charge in [0.05, 0.1) is 0 Å². The molecule has 2 aromatic carbocycles. The molecule has 0 N–H and O–H groups in total. The average molecular weight is 342 g/mol. The highest BCUT2D eigenvalue weighted by Crippen LogP contribution is 2.27. The first kappa shape index (κ1) is 11.7. The Balaban J connectivity index is 2.23. The molecule has 0 amide bonds. The highest BCUT2D eigenvalue weighted by atomic mass is 79.9. The second kappa shape index (κ2) is 5.51. The monoisotopic (exact) mass is 340 g/mol. The first-order chi connectivity index (χ1) is 7.79. The van der Waals surface area contributed by atoms with Gasteiger partial charge >= 0.3 is 0 Å². The summed E-state index contributed by atoms with van der Waals surface area (Å²) in [5.41, 5.74) is 1.14. The molecule has 16 heavy (non-hydrogen) atoms. The lowest BCUT2D eigenvalue weighted by atomic mass is 10.2. The third-order valence-electron chi connectivity index (χ3n) is 2.16. The zero-order chi connectivity index (χ0) is 11.4. The van der Waals surface area contributed by atoms with E-state index in [2.05, 4.69) is 31.9 Å². The normalized spacial score (nSPS) is 10.1. The van der Waals surface area contributed by atoms with Crippen molar-refractivity contribution < 1.29 is 4.74 Å². The van der Waals surface area contributed by atoms with Crippen molar-refractivity contribution >= 4 is 31.9 Å². The second-order valence-electron chi connectivity index (χ2n) is 3.30. The molecule has 0 saturated heterocycles. The van der Waals surface area contributed by atoms with Crippen LogP contribution in [0.15, 0.2) is 53.0 Å². The van der Waals surface area contributed by atoms with Crippen molar-refractivity contribution in [3.05, 3.63) is 58.6 Å². The van der Waals surface area contributed by atoms with Crippen molar-refractivity contribution in [2.45, 2.75) is 5.33 Å². The Kier molecular flexibility index (Phi) is 4.02. The zero-order valence-electron chi connectivity index (χ0n) is 8.49. The van der Waals surface area contributed by atoms with Gasteiger partial charge in [-0.2, -0.15) is 0 Å². The van der Waals surface area contributed by atoms with Gasteiger partial charge in [-0.05, 0) is 30.3 Å². The van der Waals surface area contributed by atoms with Gasteiger partial charge in [-0.15, -0.1) is 0 Å². The third-order valence-corrected chi connectivity index (χ3v) is 3.29. The summed E-state index contributed by atoms with van der Waals surface area (Å²) in [6.07, 6.45) is 0. The third kappa shape index (κ3) is 2.86. The minimum absolute atomic E-state index is 0.791.